The Morgan fingerprint density at radius 3 is 1.17 bits per heavy atom. The van der Waals surface area contributed by atoms with Crippen LogP contribution in [0, 0.1) is 5.92 Å². The zero-order valence-electron chi connectivity index (χ0n) is 27.7. The Morgan fingerprint density at radius 1 is 0.500 bits per heavy atom. The number of carbonyl (C=O) groups excluding carboxylic acids is 1. The predicted molar refractivity (Wildman–Crippen MR) is 175 cm³/mol. The van der Waals surface area contributed by atoms with E-state index in [0.717, 1.165) is 38.5 Å². The summed E-state index contributed by atoms with van der Waals surface area (Å²) >= 11 is 0. The zero-order valence-corrected chi connectivity index (χ0v) is 27.7. The van der Waals surface area contributed by atoms with Crippen LogP contribution in [0.25, 0.3) is 0 Å². The molecule has 250 valence electrons. The summed E-state index contributed by atoms with van der Waals surface area (Å²) in [6, 6.07) is 0. The summed E-state index contributed by atoms with van der Waals surface area (Å²) in [4.78, 5) is 27.1. The number of rotatable bonds is 35. The van der Waals surface area contributed by atoms with Crippen molar-refractivity contribution in [1.29, 1.82) is 0 Å². The normalized spacial score (nSPS) is 12.0. The Kier molecular flexibility index (Phi) is 33.4. The third-order valence-electron chi connectivity index (χ3n) is 8.60. The second-order valence-electron chi connectivity index (χ2n) is 12.6. The van der Waals surface area contributed by atoms with E-state index in [9.17, 15) is 9.59 Å². The summed E-state index contributed by atoms with van der Waals surface area (Å²) in [6.07, 6.45) is 36.4. The number of hydrogen-bond donors (Lipinski definition) is 2. The molecule has 0 aromatic heterocycles. The number of unbranched alkanes of at least 4 members (excludes halogenated alkanes) is 25. The minimum Gasteiger partial charge on any atom is -0.481 e. The molecule has 0 bridgehead atoms. The molecule has 42 heavy (non-hydrogen) atoms. The predicted octanol–water partition coefficient (Wildman–Crippen LogP) is 11.4. The number of carboxylic acid groups (broad SMARTS) is 1. The summed E-state index contributed by atoms with van der Waals surface area (Å²) in [6.45, 7) is 2.43. The molecule has 1 atom stereocenters. The van der Waals surface area contributed by atoms with E-state index in [1.54, 1.807) is 0 Å². The van der Waals surface area contributed by atoms with Gasteiger partial charge in [0.2, 0.25) is 0 Å². The second-order valence-corrected chi connectivity index (χ2v) is 12.6. The van der Waals surface area contributed by atoms with E-state index >= 15 is 0 Å². The Hall–Kier alpha value is -1.14. The average Bonchev–Trinajstić information content (AvgIpc) is 2.98. The van der Waals surface area contributed by atoms with Crippen LogP contribution in [-0.2, 0) is 19.2 Å². The van der Waals surface area contributed by atoms with Crippen LogP contribution in [0.4, 0.5) is 0 Å². The lowest BCUT2D eigenvalue weighted by Crippen LogP contribution is -2.20. The molecule has 6 nitrogen and oxygen atoms in total. The van der Waals surface area contributed by atoms with E-state index in [2.05, 4.69) is 11.8 Å². The molecule has 0 aliphatic carbocycles. The highest BCUT2D eigenvalue weighted by atomic mass is 17.1. The topological polar surface area (TPSA) is 93.1 Å². The molecule has 0 spiro atoms. The van der Waals surface area contributed by atoms with Crippen LogP contribution in [-0.4, -0.2) is 35.5 Å². The van der Waals surface area contributed by atoms with Gasteiger partial charge in [0, 0.05) is 6.42 Å². The minimum absolute atomic E-state index is 0.0171. The molecule has 0 aromatic carbocycles. The molecule has 0 amide bonds. The first kappa shape index (κ1) is 40.9. The lowest BCUT2D eigenvalue weighted by Gasteiger charge is -2.16. The lowest BCUT2D eigenvalue weighted by atomic mass is 9.94. The van der Waals surface area contributed by atoms with Crippen molar-refractivity contribution >= 4 is 11.9 Å². The summed E-state index contributed by atoms with van der Waals surface area (Å²) in [5.41, 5.74) is 0. The van der Waals surface area contributed by atoms with Gasteiger partial charge in [-0.1, -0.05) is 174 Å². The summed E-state index contributed by atoms with van der Waals surface area (Å²) < 4.78 is 5.35. The van der Waals surface area contributed by atoms with Crippen molar-refractivity contribution in [2.75, 3.05) is 13.2 Å². The van der Waals surface area contributed by atoms with E-state index in [1.807, 2.05) is 0 Å². The highest BCUT2D eigenvalue weighted by Crippen LogP contribution is 2.21. The summed E-state index contributed by atoms with van der Waals surface area (Å²) in [5.74, 6) is -0.808. The SMILES string of the molecule is CCCCCCCCCCCCCCC(CCCCCCCCCCCCCCCCCC(=O)O)C(=O)OCCOO. The third-order valence-corrected chi connectivity index (χ3v) is 8.60. The van der Waals surface area contributed by atoms with E-state index in [1.165, 1.54) is 148 Å². The van der Waals surface area contributed by atoms with E-state index in [-0.39, 0.29) is 25.1 Å². The second kappa shape index (κ2) is 34.4. The highest BCUT2D eigenvalue weighted by molar-refractivity contribution is 5.72. The van der Waals surface area contributed by atoms with Gasteiger partial charge in [0.1, 0.15) is 13.2 Å². The van der Waals surface area contributed by atoms with E-state index < -0.39 is 5.97 Å². The lowest BCUT2D eigenvalue weighted by molar-refractivity contribution is -0.248. The standard InChI is InChI=1S/C36H70O6/c1-2-3-4-5-6-7-8-14-17-20-23-26-29-34(36(39)41-32-33-42-40)30-27-24-21-18-15-12-10-9-11-13-16-19-22-25-28-31-35(37)38/h34,40H,2-33H2,1H3,(H,37,38). The fourth-order valence-corrected chi connectivity index (χ4v) is 5.87. The quantitative estimate of drug-likeness (QED) is 0.0326. The van der Waals surface area contributed by atoms with Gasteiger partial charge in [-0.15, -0.1) is 0 Å². The van der Waals surface area contributed by atoms with Gasteiger partial charge < -0.3 is 9.84 Å². The molecule has 0 saturated carbocycles. The first-order chi connectivity index (χ1) is 20.6. The smallest absolute Gasteiger partial charge is 0.309 e. The molecule has 0 fully saturated rings. The highest BCUT2D eigenvalue weighted by Gasteiger charge is 2.19. The number of carbonyl (C=O) groups is 2. The van der Waals surface area contributed by atoms with Crippen molar-refractivity contribution in [3.05, 3.63) is 0 Å². The Morgan fingerprint density at radius 2 is 0.833 bits per heavy atom. The van der Waals surface area contributed by atoms with Crippen molar-refractivity contribution in [1.82, 2.24) is 0 Å². The van der Waals surface area contributed by atoms with Gasteiger partial charge in [-0.3, -0.25) is 14.8 Å². The number of aliphatic carboxylic acids is 1. The Labute approximate surface area is 260 Å². The molecule has 6 heteroatoms. The van der Waals surface area contributed by atoms with Crippen molar-refractivity contribution in [3.63, 3.8) is 0 Å². The summed E-state index contributed by atoms with van der Waals surface area (Å²) in [5, 5.41) is 17.2. The van der Waals surface area contributed by atoms with Gasteiger partial charge >= 0.3 is 11.9 Å². The van der Waals surface area contributed by atoms with E-state index in [4.69, 9.17) is 15.1 Å². The van der Waals surface area contributed by atoms with Crippen LogP contribution in [0.2, 0.25) is 0 Å². The number of esters is 1. The number of hydrogen-bond acceptors (Lipinski definition) is 5. The molecule has 0 saturated heterocycles. The molecule has 0 aliphatic heterocycles. The van der Waals surface area contributed by atoms with Crippen LogP contribution in [0.1, 0.15) is 200 Å². The fourth-order valence-electron chi connectivity index (χ4n) is 5.87. The van der Waals surface area contributed by atoms with Crippen LogP contribution < -0.4 is 0 Å². The van der Waals surface area contributed by atoms with Crippen LogP contribution >= 0.6 is 0 Å². The van der Waals surface area contributed by atoms with Crippen LogP contribution in [0.3, 0.4) is 0 Å². The van der Waals surface area contributed by atoms with Gasteiger partial charge in [-0.05, 0) is 19.3 Å². The minimum atomic E-state index is -0.673. The first-order valence-corrected chi connectivity index (χ1v) is 18.3. The Balaban J connectivity index is 3.74. The van der Waals surface area contributed by atoms with Crippen LogP contribution in [0.15, 0.2) is 0 Å². The monoisotopic (exact) mass is 599 g/mol. The largest absolute Gasteiger partial charge is 0.481 e. The van der Waals surface area contributed by atoms with Crippen molar-refractivity contribution < 1.29 is 29.6 Å². The summed E-state index contributed by atoms with van der Waals surface area (Å²) in [7, 11) is 0. The third kappa shape index (κ3) is 31.8. The maximum atomic E-state index is 12.6. The molecule has 0 radical (unpaired) electrons. The van der Waals surface area contributed by atoms with Crippen LogP contribution in [0.5, 0.6) is 0 Å². The maximum Gasteiger partial charge on any atom is 0.309 e. The number of ether oxygens (including phenoxy) is 1. The maximum absolute atomic E-state index is 12.6. The molecule has 0 aliphatic rings. The van der Waals surface area contributed by atoms with Crippen molar-refractivity contribution in [2.45, 2.75) is 200 Å². The zero-order chi connectivity index (χ0) is 30.8. The first-order valence-electron chi connectivity index (χ1n) is 18.3. The van der Waals surface area contributed by atoms with Crippen molar-refractivity contribution in [2.24, 2.45) is 5.92 Å². The van der Waals surface area contributed by atoms with Gasteiger partial charge in [-0.25, -0.2) is 4.89 Å². The molecular weight excluding hydrogens is 528 g/mol. The van der Waals surface area contributed by atoms with Gasteiger partial charge in [0.15, 0.2) is 0 Å². The van der Waals surface area contributed by atoms with Gasteiger partial charge in [-0.2, -0.15) is 0 Å². The van der Waals surface area contributed by atoms with E-state index in [0.29, 0.717) is 6.42 Å². The number of carboxylic acids is 1. The van der Waals surface area contributed by atoms with Crippen molar-refractivity contribution in [3.8, 4) is 0 Å². The Bertz CT molecular complexity index is 567. The molecule has 0 rings (SSSR count). The average molecular weight is 599 g/mol. The fraction of sp³-hybridized carbons (Fsp3) is 0.944. The molecule has 2 N–H and O–H groups in total. The van der Waals surface area contributed by atoms with Gasteiger partial charge in [0.25, 0.3) is 0 Å². The van der Waals surface area contributed by atoms with Gasteiger partial charge in [0.05, 0.1) is 5.92 Å². The molecular formula is C36H70O6. The molecule has 1 unspecified atom stereocenters. The molecule has 0 heterocycles. The molecule has 0 aromatic rings.